The van der Waals surface area contributed by atoms with Crippen LogP contribution < -0.4 is 10.1 Å². The van der Waals surface area contributed by atoms with Gasteiger partial charge in [0.05, 0.1) is 11.2 Å². The van der Waals surface area contributed by atoms with Crippen LogP contribution in [0.2, 0.25) is 0 Å². The van der Waals surface area contributed by atoms with Gasteiger partial charge in [0.1, 0.15) is 11.5 Å². The van der Waals surface area contributed by atoms with Gasteiger partial charge in [0.2, 0.25) is 5.91 Å². The maximum absolute atomic E-state index is 12.9. The Bertz CT molecular complexity index is 1360. The van der Waals surface area contributed by atoms with E-state index in [1.165, 1.54) is 0 Å². The lowest BCUT2D eigenvalue weighted by Gasteiger charge is -2.18. The number of nitrogens with one attached hydrogen (secondary N) is 2. The van der Waals surface area contributed by atoms with Gasteiger partial charge < -0.3 is 10.1 Å². The molecule has 5 rings (SSSR count). The number of carbonyl (C=O) groups is 1. The zero-order valence-electron chi connectivity index (χ0n) is 20.4. The lowest BCUT2D eigenvalue weighted by atomic mass is 9.90. The molecule has 0 spiro atoms. The molecule has 0 saturated heterocycles. The van der Waals surface area contributed by atoms with E-state index < -0.39 is 0 Å². The van der Waals surface area contributed by atoms with Crippen molar-refractivity contribution < 1.29 is 9.53 Å². The smallest absolute Gasteiger partial charge is 0.227 e. The molecule has 178 valence electrons. The van der Waals surface area contributed by atoms with Gasteiger partial charge in [-0.1, -0.05) is 63.2 Å². The number of fused-ring (bicyclic) bond motifs is 1. The van der Waals surface area contributed by atoms with Crippen LogP contribution in [0.3, 0.4) is 0 Å². The number of nitrogens with zero attached hydrogens (tertiary/aromatic N) is 1. The first-order valence-electron chi connectivity index (χ1n) is 12.3. The van der Waals surface area contributed by atoms with Crippen LogP contribution in [0.4, 0.5) is 5.69 Å². The number of hydrogen-bond donors (Lipinski definition) is 2. The summed E-state index contributed by atoms with van der Waals surface area (Å²) in [6.07, 6.45) is 5.00. The van der Waals surface area contributed by atoms with Gasteiger partial charge in [-0.05, 0) is 60.1 Å². The third kappa shape index (κ3) is 4.99. The van der Waals surface area contributed by atoms with Crippen molar-refractivity contribution >= 4 is 34.6 Å². The first kappa shape index (κ1) is 22.9. The molecule has 5 heteroatoms. The molecule has 1 aromatic heterocycles. The Morgan fingerprint density at radius 2 is 1.74 bits per heavy atom. The molecule has 4 aromatic rings. The predicted octanol–water partition coefficient (Wildman–Crippen LogP) is 7.39. The van der Waals surface area contributed by atoms with E-state index in [-0.39, 0.29) is 11.8 Å². The molecule has 0 unspecified atom stereocenters. The van der Waals surface area contributed by atoms with Crippen LogP contribution in [0, 0.1) is 23.7 Å². The van der Waals surface area contributed by atoms with Crippen molar-refractivity contribution in [3.8, 4) is 11.5 Å². The largest absolute Gasteiger partial charge is 0.457 e. The van der Waals surface area contributed by atoms with Crippen LogP contribution >= 0.6 is 0 Å². The molecular weight excluding hydrogens is 434 g/mol. The van der Waals surface area contributed by atoms with Crippen LogP contribution in [-0.4, -0.2) is 16.1 Å². The Morgan fingerprint density at radius 3 is 2.51 bits per heavy atom. The molecule has 4 atom stereocenters. The number of hydrogen-bond acceptors (Lipinski definition) is 3. The van der Waals surface area contributed by atoms with Crippen LogP contribution in [-0.2, 0) is 4.79 Å². The fourth-order valence-electron chi connectivity index (χ4n) is 5.02. The Morgan fingerprint density at radius 1 is 0.943 bits per heavy atom. The number of carbonyl (C=O) groups excluding carboxylic acids is 1. The average Bonchev–Trinajstić information content (AvgIpc) is 3.39. The van der Waals surface area contributed by atoms with Crippen molar-refractivity contribution in [2.75, 3.05) is 5.32 Å². The minimum absolute atomic E-state index is 0.0532. The number of benzene rings is 3. The van der Waals surface area contributed by atoms with Crippen molar-refractivity contribution in [1.82, 2.24) is 10.2 Å². The first-order chi connectivity index (χ1) is 17.0. The molecule has 5 nitrogen and oxygen atoms in total. The molecule has 0 bridgehead atoms. The fourth-order valence-corrected chi connectivity index (χ4v) is 5.02. The number of ether oxygens (including phenoxy) is 1. The third-order valence-corrected chi connectivity index (χ3v) is 7.46. The number of anilines is 1. The Balaban J connectivity index is 1.27. The first-order valence-corrected chi connectivity index (χ1v) is 12.3. The number of aromatic nitrogens is 2. The topological polar surface area (TPSA) is 67.0 Å². The van der Waals surface area contributed by atoms with E-state index in [0.29, 0.717) is 29.3 Å². The third-order valence-electron chi connectivity index (χ3n) is 7.46. The molecular formula is C30H31N3O2. The maximum Gasteiger partial charge on any atom is 0.227 e. The van der Waals surface area contributed by atoms with Gasteiger partial charge in [-0.3, -0.25) is 9.89 Å². The summed E-state index contributed by atoms with van der Waals surface area (Å²) >= 11 is 0. The highest BCUT2D eigenvalue weighted by Gasteiger charge is 2.39. The van der Waals surface area contributed by atoms with Crippen LogP contribution in [0.5, 0.6) is 11.5 Å². The van der Waals surface area contributed by atoms with Crippen molar-refractivity contribution in [3.05, 3.63) is 84.1 Å². The van der Waals surface area contributed by atoms with Gasteiger partial charge in [0, 0.05) is 29.1 Å². The number of rotatable bonds is 6. The van der Waals surface area contributed by atoms with Crippen molar-refractivity contribution in [2.45, 2.75) is 27.2 Å². The van der Waals surface area contributed by atoms with E-state index in [9.17, 15) is 4.79 Å². The van der Waals surface area contributed by atoms with Gasteiger partial charge in [-0.15, -0.1) is 0 Å². The van der Waals surface area contributed by atoms with Gasteiger partial charge in [-0.25, -0.2) is 0 Å². The van der Waals surface area contributed by atoms with Crippen molar-refractivity contribution in [3.63, 3.8) is 0 Å². The minimum atomic E-state index is 0.0532. The van der Waals surface area contributed by atoms with Gasteiger partial charge in [0.15, 0.2) is 0 Å². The average molecular weight is 466 g/mol. The second-order valence-corrected chi connectivity index (χ2v) is 9.72. The minimum Gasteiger partial charge on any atom is -0.457 e. The Kier molecular flexibility index (Phi) is 6.41. The second kappa shape index (κ2) is 9.79. The summed E-state index contributed by atoms with van der Waals surface area (Å²) in [5.74, 6) is 3.05. The summed E-state index contributed by atoms with van der Waals surface area (Å²) < 4.78 is 6.11. The number of H-pyrrole nitrogens is 1. The lowest BCUT2D eigenvalue weighted by molar-refractivity contribution is -0.120. The molecule has 1 heterocycles. The molecule has 1 amide bonds. The Labute approximate surface area is 206 Å². The SMILES string of the molecule is C[C@@H]1[C@H](C)[C@H](C)C[C@@H]1C(=O)Nc1cccc(Oc2ccc3c(/C=C/c4ccccc4)n[nH]c3c2)c1. The summed E-state index contributed by atoms with van der Waals surface area (Å²) in [6, 6.07) is 23.6. The maximum atomic E-state index is 12.9. The van der Waals surface area contributed by atoms with E-state index in [2.05, 4.69) is 48.4 Å². The van der Waals surface area contributed by atoms with Crippen LogP contribution in [0.1, 0.15) is 38.4 Å². The van der Waals surface area contributed by atoms with E-state index in [1.54, 1.807) is 0 Å². The standard InChI is InChI=1S/C30H31N3O2/c1-19-16-27(21(3)20(19)2)30(34)31-23-10-7-11-24(17-23)35-25-13-14-26-28(32-33-29(26)18-25)15-12-22-8-5-4-6-9-22/h4-15,17-21,27H,16H2,1-3H3,(H,31,34)(H,32,33)/b15-12+/t19-,20-,21-,27+/m1/s1. The molecule has 0 aliphatic heterocycles. The molecule has 1 saturated carbocycles. The molecule has 1 fully saturated rings. The molecule has 35 heavy (non-hydrogen) atoms. The molecule has 1 aliphatic carbocycles. The van der Waals surface area contributed by atoms with Gasteiger partial charge in [0.25, 0.3) is 0 Å². The summed E-state index contributed by atoms with van der Waals surface area (Å²) in [6.45, 7) is 6.67. The van der Waals surface area contributed by atoms with Gasteiger partial charge in [-0.2, -0.15) is 5.10 Å². The zero-order chi connectivity index (χ0) is 24.4. The normalized spacial score (nSPS) is 22.0. The Hall–Kier alpha value is -3.86. The summed E-state index contributed by atoms with van der Waals surface area (Å²) in [5, 5.41) is 11.7. The van der Waals surface area contributed by atoms with Crippen LogP contribution in [0.25, 0.3) is 23.1 Å². The van der Waals surface area contributed by atoms with Crippen molar-refractivity contribution in [1.29, 1.82) is 0 Å². The molecule has 1 aliphatic rings. The van der Waals surface area contributed by atoms with Crippen molar-refractivity contribution in [2.24, 2.45) is 23.7 Å². The van der Waals surface area contributed by atoms with Gasteiger partial charge >= 0.3 is 0 Å². The van der Waals surface area contributed by atoms with E-state index >= 15 is 0 Å². The molecule has 0 radical (unpaired) electrons. The monoisotopic (exact) mass is 465 g/mol. The highest BCUT2D eigenvalue weighted by atomic mass is 16.5. The molecule has 3 aromatic carbocycles. The molecule has 2 N–H and O–H groups in total. The fraction of sp³-hybridized carbons (Fsp3) is 0.267. The summed E-state index contributed by atoms with van der Waals surface area (Å²) in [4.78, 5) is 12.9. The highest BCUT2D eigenvalue weighted by Crippen LogP contribution is 2.41. The summed E-state index contributed by atoms with van der Waals surface area (Å²) in [5.41, 5.74) is 3.66. The van der Waals surface area contributed by atoms with Crippen LogP contribution in [0.15, 0.2) is 72.8 Å². The lowest BCUT2D eigenvalue weighted by Crippen LogP contribution is -2.25. The van der Waals surface area contributed by atoms with E-state index in [4.69, 9.17) is 4.74 Å². The highest BCUT2D eigenvalue weighted by molar-refractivity contribution is 5.93. The zero-order valence-corrected chi connectivity index (χ0v) is 20.4. The van der Waals surface area contributed by atoms with E-state index in [1.807, 2.05) is 72.8 Å². The predicted molar refractivity (Wildman–Crippen MR) is 142 cm³/mol. The summed E-state index contributed by atoms with van der Waals surface area (Å²) in [7, 11) is 0. The quantitative estimate of drug-likeness (QED) is 0.312. The number of amides is 1. The number of aromatic amines is 1. The second-order valence-electron chi connectivity index (χ2n) is 9.72. The van der Waals surface area contributed by atoms with E-state index in [0.717, 1.165) is 34.3 Å².